The lowest BCUT2D eigenvalue weighted by atomic mass is 9.89. The average molecular weight is 388 g/mol. The summed E-state index contributed by atoms with van der Waals surface area (Å²) in [7, 11) is 0. The van der Waals surface area contributed by atoms with Crippen LogP contribution in [0.25, 0.3) is 11.5 Å². The van der Waals surface area contributed by atoms with Gasteiger partial charge in [0.05, 0.1) is 0 Å². The van der Waals surface area contributed by atoms with Gasteiger partial charge in [0, 0.05) is 21.1 Å². The molecule has 0 aliphatic carbocycles. The molecule has 0 aromatic carbocycles. The third kappa shape index (κ3) is 2.59. The van der Waals surface area contributed by atoms with Crippen LogP contribution in [-0.2, 0) is 0 Å². The Balaban J connectivity index is 1.87. The van der Waals surface area contributed by atoms with Gasteiger partial charge in [-0.25, -0.2) is 0 Å². The fourth-order valence-electron chi connectivity index (χ4n) is 1.96. The zero-order chi connectivity index (χ0) is 13.4. The quantitative estimate of drug-likeness (QED) is 0.876. The van der Waals surface area contributed by atoms with Crippen LogP contribution in [0.3, 0.4) is 0 Å². The molecule has 0 spiro atoms. The Morgan fingerprint density at radius 3 is 2.84 bits per heavy atom. The van der Waals surface area contributed by atoms with Crippen LogP contribution < -0.4 is 5.32 Å². The molecule has 2 aromatic heterocycles. The van der Waals surface area contributed by atoms with Gasteiger partial charge in [-0.2, -0.15) is 4.98 Å². The Morgan fingerprint density at radius 2 is 2.21 bits per heavy atom. The van der Waals surface area contributed by atoms with Gasteiger partial charge < -0.3 is 9.84 Å². The third-order valence-corrected chi connectivity index (χ3v) is 4.41. The van der Waals surface area contributed by atoms with Crippen molar-refractivity contribution in [2.45, 2.75) is 12.8 Å². The minimum Gasteiger partial charge on any atom is -0.339 e. The van der Waals surface area contributed by atoms with Gasteiger partial charge in [-0.1, -0.05) is 12.1 Å². The van der Waals surface area contributed by atoms with Crippen LogP contribution in [-0.4, -0.2) is 28.2 Å². The van der Waals surface area contributed by atoms with Crippen LogP contribution in [0.2, 0.25) is 0 Å². The van der Waals surface area contributed by atoms with Gasteiger partial charge in [-0.05, 0) is 56.9 Å². The summed E-state index contributed by atoms with van der Waals surface area (Å²) in [6.45, 7) is 4.14. The standard InChI is InChI=1S/C12H12Br2N4O/c1-6(7-3-15-4-7)12-17-11(18-19-12)10-9(14)2-8(13)5-16-10/h2,5-7,15H,3-4H2,1H3. The number of pyridine rings is 1. The SMILES string of the molecule is CC(c1nc(-c2ncc(Br)cc2Br)no1)C1CNC1. The van der Waals surface area contributed by atoms with E-state index >= 15 is 0 Å². The lowest BCUT2D eigenvalue weighted by Gasteiger charge is -2.30. The molecular weight excluding hydrogens is 376 g/mol. The maximum atomic E-state index is 5.36. The van der Waals surface area contributed by atoms with Crippen molar-refractivity contribution >= 4 is 31.9 Å². The number of nitrogens with zero attached hydrogens (tertiary/aromatic N) is 3. The molecule has 19 heavy (non-hydrogen) atoms. The average Bonchev–Trinajstić information content (AvgIpc) is 2.75. The number of hydrogen-bond acceptors (Lipinski definition) is 5. The van der Waals surface area contributed by atoms with Crippen LogP contribution in [0.1, 0.15) is 18.7 Å². The lowest BCUT2D eigenvalue weighted by molar-refractivity contribution is 0.252. The Morgan fingerprint density at radius 1 is 1.42 bits per heavy atom. The van der Waals surface area contributed by atoms with Crippen molar-refractivity contribution in [3.05, 3.63) is 27.1 Å². The van der Waals surface area contributed by atoms with Crippen molar-refractivity contribution in [3.8, 4) is 11.5 Å². The molecule has 1 fully saturated rings. The van der Waals surface area contributed by atoms with E-state index in [1.165, 1.54) is 0 Å². The van der Waals surface area contributed by atoms with E-state index in [9.17, 15) is 0 Å². The number of hydrogen-bond donors (Lipinski definition) is 1. The van der Waals surface area contributed by atoms with E-state index < -0.39 is 0 Å². The second-order valence-corrected chi connectivity index (χ2v) is 6.42. The summed E-state index contributed by atoms with van der Waals surface area (Å²) >= 11 is 6.83. The van der Waals surface area contributed by atoms with Gasteiger partial charge in [-0.3, -0.25) is 4.98 Å². The van der Waals surface area contributed by atoms with E-state index in [4.69, 9.17) is 4.52 Å². The normalized spacial score (nSPS) is 17.2. The smallest absolute Gasteiger partial charge is 0.230 e. The van der Waals surface area contributed by atoms with Crippen molar-refractivity contribution < 1.29 is 4.52 Å². The highest BCUT2D eigenvalue weighted by atomic mass is 79.9. The maximum Gasteiger partial charge on any atom is 0.230 e. The number of nitrogens with one attached hydrogen (secondary N) is 1. The first kappa shape index (κ1) is 13.2. The fraction of sp³-hybridized carbons (Fsp3) is 0.417. The summed E-state index contributed by atoms with van der Waals surface area (Å²) in [5, 5.41) is 7.28. The monoisotopic (exact) mass is 386 g/mol. The van der Waals surface area contributed by atoms with Crippen molar-refractivity contribution in [2.24, 2.45) is 5.92 Å². The molecule has 1 N–H and O–H groups in total. The zero-order valence-electron chi connectivity index (χ0n) is 10.2. The molecule has 1 unspecified atom stereocenters. The summed E-state index contributed by atoms with van der Waals surface area (Å²) in [6, 6.07) is 1.91. The van der Waals surface area contributed by atoms with E-state index in [2.05, 4.69) is 59.2 Å². The van der Waals surface area contributed by atoms with Crippen molar-refractivity contribution in [2.75, 3.05) is 13.1 Å². The summed E-state index contributed by atoms with van der Waals surface area (Å²) in [5.41, 5.74) is 0.692. The number of halogens is 2. The summed E-state index contributed by atoms with van der Waals surface area (Å²) in [4.78, 5) is 8.77. The molecule has 0 saturated carbocycles. The summed E-state index contributed by atoms with van der Waals surface area (Å²) in [5.74, 6) is 2.05. The predicted octanol–water partition coefficient (Wildman–Crippen LogP) is 2.98. The van der Waals surface area contributed by atoms with Crippen LogP contribution in [0.15, 0.2) is 25.7 Å². The molecule has 0 bridgehead atoms. The Hall–Kier alpha value is -0.790. The largest absolute Gasteiger partial charge is 0.339 e. The van der Waals surface area contributed by atoms with Crippen LogP contribution in [0.4, 0.5) is 0 Å². The van der Waals surface area contributed by atoms with Gasteiger partial charge >= 0.3 is 0 Å². The van der Waals surface area contributed by atoms with Gasteiger partial charge in [0.2, 0.25) is 11.7 Å². The molecule has 1 aliphatic rings. The fourth-order valence-corrected chi connectivity index (χ4v) is 3.13. The minimum absolute atomic E-state index is 0.275. The molecule has 5 nitrogen and oxygen atoms in total. The maximum absolute atomic E-state index is 5.36. The molecule has 1 aliphatic heterocycles. The summed E-state index contributed by atoms with van der Waals surface area (Å²) < 4.78 is 7.10. The molecule has 0 amide bonds. The minimum atomic E-state index is 0.275. The summed E-state index contributed by atoms with van der Waals surface area (Å²) in [6.07, 6.45) is 1.72. The Bertz CT molecular complexity index is 597. The molecule has 7 heteroatoms. The molecule has 1 saturated heterocycles. The first-order valence-electron chi connectivity index (χ1n) is 6.01. The second kappa shape index (κ2) is 5.30. The molecule has 0 radical (unpaired) electrons. The van der Waals surface area contributed by atoms with Crippen molar-refractivity contribution in [1.82, 2.24) is 20.4 Å². The molecule has 3 heterocycles. The van der Waals surface area contributed by atoms with Crippen LogP contribution in [0, 0.1) is 5.92 Å². The third-order valence-electron chi connectivity index (χ3n) is 3.37. The lowest BCUT2D eigenvalue weighted by Crippen LogP contribution is -2.44. The Kier molecular flexibility index (Phi) is 3.68. The van der Waals surface area contributed by atoms with Gasteiger partial charge in [0.15, 0.2) is 0 Å². The van der Waals surface area contributed by atoms with Crippen LogP contribution in [0.5, 0.6) is 0 Å². The Labute approximate surface area is 127 Å². The first-order chi connectivity index (χ1) is 9.15. The molecule has 1 atom stereocenters. The second-order valence-electron chi connectivity index (χ2n) is 4.65. The van der Waals surface area contributed by atoms with Crippen LogP contribution >= 0.6 is 31.9 Å². The topological polar surface area (TPSA) is 63.8 Å². The molecule has 2 aromatic rings. The van der Waals surface area contributed by atoms with E-state index in [0.29, 0.717) is 23.3 Å². The molecular formula is C12H12Br2N4O. The highest BCUT2D eigenvalue weighted by Gasteiger charge is 2.29. The first-order valence-corrected chi connectivity index (χ1v) is 7.59. The van der Waals surface area contributed by atoms with E-state index in [1.54, 1.807) is 6.20 Å². The zero-order valence-corrected chi connectivity index (χ0v) is 13.4. The van der Waals surface area contributed by atoms with Gasteiger partial charge in [0.25, 0.3) is 0 Å². The van der Waals surface area contributed by atoms with E-state index in [1.807, 2.05) is 6.07 Å². The highest BCUT2D eigenvalue weighted by molar-refractivity contribution is 9.11. The predicted molar refractivity (Wildman–Crippen MR) is 77.7 cm³/mol. The van der Waals surface area contributed by atoms with E-state index in [0.717, 1.165) is 22.0 Å². The van der Waals surface area contributed by atoms with Gasteiger partial charge in [-0.15, -0.1) is 0 Å². The van der Waals surface area contributed by atoms with Crippen molar-refractivity contribution in [1.29, 1.82) is 0 Å². The van der Waals surface area contributed by atoms with E-state index in [-0.39, 0.29) is 5.92 Å². The number of rotatable bonds is 3. The number of aromatic nitrogens is 3. The highest BCUT2D eigenvalue weighted by Crippen LogP contribution is 2.30. The van der Waals surface area contributed by atoms with Gasteiger partial charge in [0.1, 0.15) is 5.69 Å². The molecule has 100 valence electrons. The molecule has 3 rings (SSSR count). The van der Waals surface area contributed by atoms with Crippen molar-refractivity contribution in [3.63, 3.8) is 0 Å².